The van der Waals surface area contributed by atoms with Crippen LogP contribution in [0.3, 0.4) is 0 Å². The van der Waals surface area contributed by atoms with Gasteiger partial charge in [-0.15, -0.1) is 0 Å². The lowest BCUT2D eigenvalue weighted by molar-refractivity contribution is -0.280. The Balaban J connectivity index is 1.26. The van der Waals surface area contributed by atoms with Crippen molar-refractivity contribution in [1.82, 2.24) is 14.8 Å². The third-order valence-corrected chi connectivity index (χ3v) is 8.37. The van der Waals surface area contributed by atoms with E-state index < -0.39 is 36.6 Å². The molecule has 5 atom stereocenters. The largest absolute Gasteiger partial charge is 0.388 e. The lowest BCUT2D eigenvalue weighted by atomic mass is 9.98. The number of nitriles is 1. The van der Waals surface area contributed by atoms with Crippen molar-refractivity contribution in [3.63, 3.8) is 0 Å². The molecule has 5 rings (SSSR count). The van der Waals surface area contributed by atoms with E-state index in [4.69, 9.17) is 9.47 Å². The molecule has 3 heterocycles. The van der Waals surface area contributed by atoms with E-state index in [9.17, 15) is 30.5 Å². The molecule has 12 heteroatoms. The number of carbonyl (C=O) groups excluding carboxylic acids is 1. The Labute approximate surface area is 255 Å². The summed E-state index contributed by atoms with van der Waals surface area (Å²) in [5.41, 5.74) is 3.96. The van der Waals surface area contributed by atoms with E-state index in [-0.39, 0.29) is 12.1 Å². The molecule has 2 aliphatic heterocycles. The first-order valence-corrected chi connectivity index (χ1v) is 14.7. The number of aliphatic hydroxyl groups is 4. The van der Waals surface area contributed by atoms with Crippen LogP contribution < -0.4 is 10.6 Å². The van der Waals surface area contributed by atoms with Crippen molar-refractivity contribution >= 4 is 27.9 Å². The Kier molecular flexibility index (Phi) is 9.97. The predicted molar refractivity (Wildman–Crippen MR) is 164 cm³/mol. The molecule has 0 saturated carbocycles. The highest BCUT2D eigenvalue weighted by atomic mass is 16.6. The van der Waals surface area contributed by atoms with Crippen LogP contribution in [0.5, 0.6) is 0 Å². The Morgan fingerprint density at radius 3 is 2.48 bits per heavy atom. The SMILES string of the molecule is C/C(=C(/C#N)C(=O)NC[C@H]1OC(O)[C@H](O)[C@@H](O)[C@@H]1O)c1ccc(-c2ccc3cc(NCCN4CCOCC4)ccc3c2)n1C. The van der Waals surface area contributed by atoms with E-state index in [0.717, 1.165) is 67.1 Å². The first kappa shape index (κ1) is 31.6. The average molecular weight is 606 g/mol. The van der Waals surface area contributed by atoms with Gasteiger partial charge >= 0.3 is 0 Å². The number of amides is 1. The second-order valence-electron chi connectivity index (χ2n) is 11.2. The van der Waals surface area contributed by atoms with E-state index in [0.29, 0.717) is 11.3 Å². The number of benzene rings is 2. The van der Waals surface area contributed by atoms with Gasteiger partial charge in [-0.25, -0.2) is 0 Å². The quantitative estimate of drug-likeness (QED) is 0.151. The number of hydrogen-bond donors (Lipinski definition) is 6. The number of carbonyl (C=O) groups is 1. The molecule has 0 aliphatic carbocycles. The van der Waals surface area contributed by atoms with E-state index in [1.807, 2.05) is 35.9 Å². The number of aliphatic hydroxyl groups excluding tert-OH is 4. The molecule has 1 aromatic heterocycles. The number of ether oxygens (including phenoxy) is 2. The normalized spacial score (nSPS) is 24.9. The summed E-state index contributed by atoms with van der Waals surface area (Å²) < 4.78 is 12.4. The molecule has 1 amide bonds. The molecule has 2 fully saturated rings. The Morgan fingerprint density at radius 2 is 1.73 bits per heavy atom. The topological polar surface area (TPSA) is 172 Å². The molecule has 2 saturated heterocycles. The number of nitrogens with one attached hydrogen (secondary N) is 2. The van der Waals surface area contributed by atoms with Crippen molar-refractivity contribution in [3.8, 4) is 17.3 Å². The number of morpholine rings is 1. The fraction of sp³-hybridized carbons (Fsp3) is 0.438. The van der Waals surface area contributed by atoms with Gasteiger partial charge in [0.15, 0.2) is 6.29 Å². The monoisotopic (exact) mass is 605 g/mol. The maximum atomic E-state index is 12.9. The maximum Gasteiger partial charge on any atom is 0.262 e. The molecule has 1 unspecified atom stereocenters. The molecule has 6 N–H and O–H groups in total. The van der Waals surface area contributed by atoms with Crippen molar-refractivity contribution in [2.75, 3.05) is 51.3 Å². The van der Waals surface area contributed by atoms with Crippen LogP contribution in [0.15, 0.2) is 54.1 Å². The minimum atomic E-state index is -1.72. The highest BCUT2D eigenvalue weighted by Crippen LogP contribution is 2.30. The Morgan fingerprint density at radius 1 is 1.00 bits per heavy atom. The number of anilines is 1. The van der Waals surface area contributed by atoms with Gasteiger partial charge in [-0.3, -0.25) is 9.69 Å². The number of hydrogen-bond acceptors (Lipinski definition) is 10. The summed E-state index contributed by atoms with van der Waals surface area (Å²) in [6.07, 6.45) is -7.75. The van der Waals surface area contributed by atoms with Gasteiger partial charge in [0.25, 0.3) is 5.91 Å². The van der Waals surface area contributed by atoms with Crippen LogP contribution in [-0.4, -0.2) is 112 Å². The summed E-state index contributed by atoms with van der Waals surface area (Å²) in [6, 6.07) is 18.3. The second-order valence-corrected chi connectivity index (χ2v) is 11.2. The van der Waals surface area contributed by atoms with E-state index in [1.165, 1.54) is 0 Å². The van der Waals surface area contributed by atoms with E-state index in [1.54, 1.807) is 6.92 Å². The van der Waals surface area contributed by atoms with Crippen LogP contribution >= 0.6 is 0 Å². The van der Waals surface area contributed by atoms with Crippen molar-refractivity contribution in [2.45, 2.75) is 37.6 Å². The summed E-state index contributed by atoms with van der Waals surface area (Å²) in [7, 11) is 1.87. The summed E-state index contributed by atoms with van der Waals surface area (Å²) >= 11 is 0. The summed E-state index contributed by atoms with van der Waals surface area (Å²) in [5, 5.41) is 57.5. The Hall–Kier alpha value is -3.80. The zero-order valence-corrected chi connectivity index (χ0v) is 24.8. The highest BCUT2D eigenvalue weighted by molar-refractivity contribution is 6.04. The fourth-order valence-electron chi connectivity index (χ4n) is 5.69. The summed E-state index contributed by atoms with van der Waals surface area (Å²) in [4.78, 5) is 15.3. The molecule has 0 radical (unpaired) electrons. The van der Waals surface area contributed by atoms with Gasteiger partial charge in [0.1, 0.15) is 36.1 Å². The molecule has 0 spiro atoms. The minimum absolute atomic E-state index is 0.128. The number of nitrogens with zero attached hydrogens (tertiary/aromatic N) is 3. The first-order chi connectivity index (χ1) is 21.2. The molecular formula is C32H39N5O7. The third kappa shape index (κ3) is 6.80. The van der Waals surface area contributed by atoms with Crippen LogP contribution in [0.2, 0.25) is 0 Å². The highest BCUT2D eigenvalue weighted by Gasteiger charge is 2.43. The van der Waals surface area contributed by atoms with Gasteiger partial charge < -0.3 is 45.1 Å². The van der Waals surface area contributed by atoms with Gasteiger partial charge in [0.2, 0.25) is 0 Å². The van der Waals surface area contributed by atoms with Crippen molar-refractivity contribution in [2.24, 2.45) is 7.05 Å². The standard InChI is InChI=1S/C32H39N5O7/c1-19(24(17-33)31(41)35-18-27-28(38)29(39)30(40)32(42)44-27)25-7-8-26(36(25)2)22-4-3-21-16-23(6-5-20(21)15-22)34-9-10-37-11-13-43-14-12-37/h3-8,15-16,27-30,32,34,38-40,42H,9-14,18H2,1-2H3,(H,35,41)/b24-19+/t27-,28-,29+,30-,32?/m1/s1. The molecule has 44 heavy (non-hydrogen) atoms. The predicted octanol–water partition coefficient (Wildman–Crippen LogP) is 0.803. The third-order valence-electron chi connectivity index (χ3n) is 8.37. The van der Waals surface area contributed by atoms with Gasteiger partial charge in [-0.1, -0.05) is 18.2 Å². The van der Waals surface area contributed by atoms with Crippen LogP contribution in [0.1, 0.15) is 12.6 Å². The van der Waals surface area contributed by atoms with Gasteiger partial charge in [-0.05, 0) is 59.2 Å². The molecule has 234 valence electrons. The number of allylic oxidation sites excluding steroid dienone is 1. The van der Waals surface area contributed by atoms with Crippen LogP contribution in [0, 0.1) is 11.3 Å². The average Bonchev–Trinajstić information content (AvgIpc) is 3.42. The van der Waals surface area contributed by atoms with E-state index >= 15 is 0 Å². The maximum absolute atomic E-state index is 12.9. The lowest BCUT2D eigenvalue weighted by Crippen LogP contribution is -2.60. The van der Waals surface area contributed by atoms with Crippen LogP contribution in [-0.2, 0) is 21.3 Å². The second kappa shape index (κ2) is 13.9. The molecule has 2 aliphatic rings. The lowest BCUT2D eigenvalue weighted by Gasteiger charge is -2.38. The van der Waals surface area contributed by atoms with Crippen molar-refractivity contribution in [3.05, 3.63) is 59.8 Å². The van der Waals surface area contributed by atoms with Gasteiger partial charge in [0, 0.05) is 56.8 Å². The number of aromatic nitrogens is 1. The molecule has 3 aromatic rings. The van der Waals surface area contributed by atoms with Crippen LogP contribution in [0.4, 0.5) is 5.69 Å². The summed E-state index contributed by atoms with van der Waals surface area (Å²) in [5.74, 6) is -0.696. The van der Waals surface area contributed by atoms with Crippen LogP contribution in [0.25, 0.3) is 27.6 Å². The molecule has 0 bridgehead atoms. The van der Waals surface area contributed by atoms with Crippen molar-refractivity contribution < 1.29 is 34.7 Å². The molecule has 2 aromatic carbocycles. The van der Waals surface area contributed by atoms with Gasteiger partial charge in [0.05, 0.1) is 13.2 Å². The Bertz CT molecular complexity index is 1560. The van der Waals surface area contributed by atoms with E-state index in [2.05, 4.69) is 45.9 Å². The number of rotatable bonds is 9. The first-order valence-electron chi connectivity index (χ1n) is 14.7. The number of fused-ring (bicyclic) bond motifs is 1. The molecular weight excluding hydrogens is 566 g/mol. The molecule has 12 nitrogen and oxygen atoms in total. The van der Waals surface area contributed by atoms with Crippen molar-refractivity contribution in [1.29, 1.82) is 5.26 Å². The minimum Gasteiger partial charge on any atom is -0.388 e. The fourth-order valence-corrected chi connectivity index (χ4v) is 5.69. The summed E-state index contributed by atoms with van der Waals surface area (Å²) in [6.45, 7) is 6.73. The zero-order valence-electron chi connectivity index (χ0n) is 24.8. The zero-order chi connectivity index (χ0) is 31.4. The smallest absolute Gasteiger partial charge is 0.262 e. The van der Waals surface area contributed by atoms with Gasteiger partial charge in [-0.2, -0.15) is 5.26 Å².